The summed E-state index contributed by atoms with van der Waals surface area (Å²) in [6.07, 6.45) is -11.2. The van der Waals surface area contributed by atoms with E-state index in [9.17, 15) is 31.1 Å². The van der Waals surface area contributed by atoms with E-state index in [1.807, 2.05) is 0 Å². The number of carbonyl (C=O) groups is 1. The number of urea groups is 1. The van der Waals surface area contributed by atoms with Crippen LogP contribution in [0.5, 0.6) is 0 Å². The topological polar surface area (TPSA) is 44.6 Å². The number of nitrogens with one attached hydrogen (secondary N) is 1. The van der Waals surface area contributed by atoms with Crippen molar-refractivity contribution in [2.45, 2.75) is 44.9 Å². The lowest BCUT2D eigenvalue weighted by Crippen LogP contribution is -2.43. The Balaban J connectivity index is 2.30. The summed E-state index contributed by atoms with van der Waals surface area (Å²) in [6, 6.07) is 0.332. The largest absolute Gasteiger partial charge is 0.416 e. The molecule has 1 aliphatic heterocycles. The van der Waals surface area contributed by atoms with Crippen molar-refractivity contribution in [1.29, 1.82) is 0 Å². The summed E-state index contributed by atoms with van der Waals surface area (Å²) < 4.78 is 76.8. The van der Waals surface area contributed by atoms with Crippen molar-refractivity contribution in [2.24, 2.45) is 0 Å². The molecular weight excluding hydrogens is 342 g/mol. The third-order valence-electron chi connectivity index (χ3n) is 2.96. The standard InChI is InChI=1S/C14H14F6N2O2/c1-12(2,3)21-11(23)22-10(24-22)7-4-8(13(15,16)17)6-9(5-7)14(18,19)20/h4-6,10H,1-3H3,(H,21,23). The zero-order chi connectivity index (χ0) is 18.5. The van der Waals surface area contributed by atoms with E-state index in [1.54, 1.807) is 20.8 Å². The summed E-state index contributed by atoms with van der Waals surface area (Å²) in [5.41, 5.74) is -3.96. The molecule has 2 amide bonds. The van der Waals surface area contributed by atoms with Gasteiger partial charge in [0.05, 0.1) is 11.1 Å². The quantitative estimate of drug-likeness (QED) is 0.596. The summed E-state index contributed by atoms with van der Waals surface area (Å²) in [7, 11) is 0. The zero-order valence-corrected chi connectivity index (χ0v) is 12.8. The summed E-state index contributed by atoms with van der Waals surface area (Å²) >= 11 is 0. The van der Waals surface area contributed by atoms with Gasteiger partial charge in [0.25, 0.3) is 0 Å². The fourth-order valence-corrected chi connectivity index (χ4v) is 1.93. The zero-order valence-electron chi connectivity index (χ0n) is 12.8. The summed E-state index contributed by atoms with van der Waals surface area (Å²) in [6.45, 7) is 4.99. The number of alkyl halides is 6. The number of nitrogens with zero attached hydrogens (tertiary/aromatic N) is 1. The lowest BCUT2D eigenvalue weighted by Gasteiger charge is -2.19. The van der Waals surface area contributed by atoms with Gasteiger partial charge in [-0.05, 0) is 39.0 Å². The molecule has 1 fully saturated rings. The van der Waals surface area contributed by atoms with Crippen LogP contribution in [0.1, 0.15) is 43.7 Å². The molecule has 1 aromatic carbocycles. The Kier molecular flexibility index (Phi) is 4.24. The van der Waals surface area contributed by atoms with Gasteiger partial charge in [0.2, 0.25) is 6.23 Å². The molecule has 1 aliphatic rings. The number of hydroxylamine groups is 2. The Hall–Kier alpha value is -1.97. The molecule has 0 saturated carbocycles. The van der Waals surface area contributed by atoms with Crippen LogP contribution >= 0.6 is 0 Å². The Morgan fingerprint density at radius 1 is 1.00 bits per heavy atom. The molecular formula is C14H14F6N2O2. The van der Waals surface area contributed by atoms with Gasteiger partial charge in [-0.2, -0.15) is 31.4 Å². The molecule has 0 aromatic heterocycles. The number of hydrogen-bond acceptors (Lipinski definition) is 2. The van der Waals surface area contributed by atoms with Crippen LogP contribution in [0.15, 0.2) is 18.2 Å². The van der Waals surface area contributed by atoms with E-state index in [4.69, 9.17) is 4.84 Å². The first-order chi connectivity index (χ1) is 10.7. The molecule has 1 N–H and O–H groups in total. The predicted molar refractivity (Wildman–Crippen MR) is 70.4 cm³/mol. The SMILES string of the molecule is CC(C)(C)NC(=O)N1OC1c1cc(C(F)(F)F)cc(C(F)(F)F)c1. The molecule has 10 heteroatoms. The first kappa shape index (κ1) is 18.4. The molecule has 0 radical (unpaired) electrons. The van der Waals surface area contributed by atoms with Gasteiger partial charge in [0, 0.05) is 11.1 Å². The van der Waals surface area contributed by atoms with E-state index in [-0.39, 0.29) is 6.07 Å². The van der Waals surface area contributed by atoms with Gasteiger partial charge >= 0.3 is 18.4 Å². The minimum Gasteiger partial charge on any atom is -0.332 e. The molecule has 134 valence electrons. The monoisotopic (exact) mass is 356 g/mol. The minimum atomic E-state index is -4.95. The van der Waals surface area contributed by atoms with Gasteiger partial charge in [0.1, 0.15) is 0 Å². The van der Waals surface area contributed by atoms with E-state index < -0.39 is 46.8 Å². The van der Waals surface area contributed by atoms with Crippen LogP contribution < -0.4 is 5.32 Å². The maximum absolute atomic E-state index is 12.8. The smallest absolute Gasteiger partial charge is 0.332 e. The first-order valence-electron chi connectivity index (χ1n) is 6.76. The van der Waals surface area contributed by atoms with E-state index in [0.717, 1.165) is 0 Å². The van der Waals surface area contributed by atoms with Crippen molar-refractivity contribution in [3.63, 3.8) is 0 Å². The van der Waals surface area contributed by atoms with E-state index in [0.29, 0.717) is 17.2 Å². The lowest BCUT2D eigenvalue weighted by atomic mass is 10.0. The molecule has 1 saturated heterocycles. The predicted octanol–water partition coefficient (Wildman–Crippen LogP) is 4.48. The molecule has 4 nitrogen and oxygen atoms in total. The summed E-state index contributed by atoms with van der Waals surface area (Å²) in [4.78, 5) is 16.6. The van der Waals surface area contributed by atoms with Crippen LogP contribution in [0, 0.1) is 0 Å². The highest BCUT2D eigenvalue weighted by atomic mass is 19.4. The van der Waals surface area contributed by atoms with Gasteiger partial charge in [0.15, 0.2) is 0 Å². The van der Waals surface area contributed by atoms with Crippen LogP contribution in [0.2, 0.25) is 0 Å². The second-order valence-electron chi connectivity index (χ2n) is 6.30. The Bertz CT molecular complexity index is 616. The highest BCUT2D eigenvalue weighted by molar-refractivity contribution is 5.75. The highest BCUT2D eigenvalue weighted by Crippen LogP contribution is 2.43. The first-order valence-corrected chi connectivity index (χ1v) is 6.76. The Morgan fingerprint density at radius 2 is 1.46 bits per heavy atom. The average Bonchev–Trinajstić information content (AvgIpc) is 3.14. The molecule has 1 unspecified atom stereocenters. The molecule has 2 rings (SSSR count). The second kappa shape index (κ2) is 5.54. The van der Waals surface area contributed by atoms with E-state index >= 15 is 0 Å². The van der Waals surface area contributed by atoms with E-state index in [2.05, 4.69) is 5.32 Å². The third kappa shape index (κ3) is 4.31. The highest BCUT2D eigenvalue weighted by Gasteiger charge is 2.46. The van der Waals surface area contributed by atoms with Crippen molar-refractivity contribution in [3.8, 4) is 0 Å². The average molecular weight is 356 g/mol. The van der Waals surface area contributed by atoms with Crippen molar-refractivity contribution < 1.29 is 36.0 Å². The molecule has 1 aromatic rings. The fraction of sp³-hybridized carbons (Fsp3) is 0.500. The minimum absolute atomic E-state index is 0.0193. The van der Waals surface area contributed by atoms with Crippen molar-refractivity contribution in [1.82, 2.24) is 10.4 Å². The fourth-order valence-electron chi connectivity index (χ4n) is 1.93. The number of amides is 2. The van der Waals surface area contributed by atoms with Crippen molar-refractivity contribution in [3.05, 3.63) is 34.9 Å². The number of halogens is 6. The summed E-state index contributed by atoms with van der Waals surface area (Å²) in [5, 5.41) is 3.17. The van der Waals surface area contributed by atoms with Gasteiger partial charge < -0.3 is 5.32 Å². The van der Waals surface area contributed by atoms with Gasteiger partial charge in [-0.25, -0.2) is 9.63 Å². The maximum Gasteiger partial charge on any atom is 0.416 e. The molecule has 0 spiro atoms. The number of carbonyl (C=O) groups excluding carboxylic acids is 1. The van der Waals surface area contributed by atoms with Crippen LogP contribution in [0.25, 0.3) is 0 Å². The van der Waals surface area contributed by atoms with Gasteiger partial charge in [-0.1, -0.05) is 0 Å². The number of benzene rings is 1. The van der Waals surface area contributed by atoms with Crippen molar-refractivity contribution in [2.75, 3.05) is 0 Å². The molecule has 1 heterocycles. The third-order valence-corrected chi connectivity index (χ3v) is 2.96. The normalized spacial score (nSPS) is 18.5. The lowest BCUT2D eigenvalue weighted by molar-refractivity contribution is -0.143. The molecule has 1 atom stereocenters. The van der Waals surface area contributed by atoms with Crippen LogP contribution in [-0.4, -0.2) is 16.6 Å². The molecule has 24 heavy (non-hydrogen) atoms. The second-order valence-corrected chi connectivity index (χ2v) is 6.30. The molecule has 0 aliphatic carbocycles. The van der Waals surface area contributed by atoms with Crippen LogP contribution in [0.4, 0.5) is 31.1 Å². The number of rotatable bonds is 1. The Labute approximate surface area is 133 Å². The maximum atomic E-state index is 12.8. The summed E-state index contributed by atoms with van der Waals surface area (Å²) in [5.74, 6) is 0. The number of hydrogen-bond donors (Lipinski definition) is 1. The van der Waals surface area contributed by atoms with Crippen LogP contribution in [-0.2, 0) is 17.2 Å². The van der Waals surface area contributed by atoms with Gasteiger partial charge in [-0.3, -0.25) is 0 Å². The Morgan fingerprint density at radius 3 is 1.83 bits per heavy atom. The van der Waals surface area contributed by atoms with Crippen LogP contribution in [0.3, 0.4) is 0 Å². The van der Waals surface area contributed by atoms with E-state index in [1.165, 1.54) is 0 Å². The molecule has 0 bridgehead atoms. The van der Waals surface area contributed by atoms with Crippen molar-refractivity contribution >= 4 is 6.03 Å². The van der Waals surface area contributed by atoms with Gasteiger partial charge in [-0.15, -0.1) is 0 Å².